The standard InChI is InChI=1S/C17H16ClF3N2O4S/c1-27-9-8-22-28(25,26)13-5-2-11(3-6-13)16(24)23-12-4-7-15(18)14(10-12)17(19,20)21/h2-7,10,22H,8-9H2,1H3,(H,23,24). The third kappa shape index (κ3) is 5.68. The Labute approximate surface area is 164 Å². The van der Waals surface area contributed by atoms with Crippen LogP contribution in [0.5, 0.6) is 0 Å². The molecule has 0 aliphatic carbocycles. The van der Waals surface area contributed by atoms with E-state index in [0.29, 0.717) is 0 Å². The molecule has 2 N–H and O–H groups in total. The Balaban J connectivity index is 2.14. The van der Waals surface area contributed by atoms with E-state index in [1.54, 1.807) is 0 Å². The molecule has 6 nitrogen and oxygen atoms in total. The normalized spacial score (nSPS) is 12.0. The molecule has 0 radical (unpaired) electrons. The molecule has 0 heterocycles. The Morgan fingerprint density at radius 3 is 2.36 bits per heavy atom. The average Bonchev–Trinajstić information content (AvgIpc) is 2.62. The van der Waals surface area contributed by atoms with E-state index in [-0.39, 0.29) is 29.3 Å². The van der Waals surface area contributed by atoms with Crippen LogP contribution in [0.25, 0.3) is 0 Å². The molecule has 0 spiro atoms. The lowest BCUT2D eigenvalue weighted by molar-refractivity contribution is -0.137. The second kappa shape index (κ2) is 8.91. The van der Waals surface area contributed by atoms with Crippen molar-refractivity contribution in [2.24, 2.45) is 0 Å². The molecule has 0 fully saturated rings. The van der Waals surface area contributed by atoms with Crippen LogP contribution in [0.1, 0.15) is 15.9 Å². The summed E-state index contributed by atoms with van der Waals surface area (Å²) in [6, 6.07) is 7.91. The minimum absolute atomic E-state index is 0.0639. The summed E-state index contributed by atoms with van der Waals surface area (Å²) in [7, 11) is -2.33. The van der Waals surface area contributed by atoms with Crippen LogP contribution in [0.3, 0.4) is 0 Å². The van der Waals surface area contributed by atoms with Gasteiger partial charge in [0.25, 0.3) is 5.91 Å². The average molecular weight is 437 g/mol. The van der Waals surface area contributed by atoms with Crippen LogP contribution in [0.2, 0.25) is 5.02 Å². The van der Waals surface area contributed by atoms with Gasteiger partial charge in [-0.25, -0.2) is 13.1 Å². The number of nitrogens with one attached hydrogen (secondary N) is 2. The molecule has 0 unspecified atom stereocenters. The molecule has 2 aromatic rings. The topological polar surface area (TPSA) is 84.5 Å². The van der Waals surface area contributed by atoms with Gasteiger partial charge in [-0.15, -0.1) is 0 Å². The highest BCUT2D eigenvalue weighted by Crippen LogP contribution is 2.36. The number of halogens is 4. The maximum atomic E-state index is 12.9. The smallest absolute Gasteiger partial charge is 0.383 e. The van der Waals surface area contributed by atoms with Crippen LogP contribution >= 0.6 is 11.6 Å². The summed E-state index contributed by atoms with van der Waals surface area (Å²) in [5.74, 6) is -0.702. The number of carbonyl (C=O) groups is 1. The van der Waals surface area contributed by atoms with E-state index in [9.17, 15) is 26.4 Å². The van der Waals surface area contributed by atoms with Crippen LogP contribution in [0.4, 0.5) is 18.9 Å². The van der Waals surface area contributed by atoms with E-state index in [1.165, 1.54) is 37.4 Å². The van der Waals surface area contributed by atoms with Gasteiger partial charge in [0.15, 0.2) is 0 Å². The largest absolute Gasteiger partial charge is 0.417 e. The number of hydrogen-bond acceptors (Lipinski definition) is 4. The monoisotopic (exact) mass is 436 g/mol. The Kier molecular flexibility index (Phi) is 7.05. The number of benzene rings is 2. The summed E-state index contributed by atoms with van der Waals surface area (Å²) in [6.07, 6.45) is -4.66. The summed E-state index contributed by atoms with van der Waals surface area (Å²) >= 11 is 5.54. The van der Waals surface area contributed by atoms with Crippen LogP contribution in [-0.4, -0.2) is 34.6 Å². The summed E-state index contributed by atoms with van der Waals surface area (Å²) in [6.45, 7) is 0.278. The van der Waals surface area contributed by atoms with Crippen molar-refractivity contribution in [2.45, 2.75) is 11.1 Å². The third-order valence-corrected chi connectivity index (χ3v) is 5.36. The molecule has 152 valence electrons. The van der Waals surface area contributed by atoms with E-state index < -0.39 is 32.7 Å². The van der Waals surface area contributed by atoms with Crippen molar-refractivity contribution in [3.05, 3.63) is 58.6 Å². The quantitative estimate of drug-likeness (QED) is 0.650. The molecule has 28 heavy (non-hydrogen) atoms. The van der Waals surface area contributed by atoms with Gasteiger partial charge in [0.2, 0.25) is 10.0 Å². The highest BCUT2D eigenvalue weighted by atomic mass is 35.5. The zero-order valence-electron chi connectivity index (χ0n) is 14.5. The van der Waals surface area contributed by atoms with Gasteiger partial charge in [-0.1, -0.05) is 11.6 Å². The maximum absolute atomic E-state index is 12.9. The van der Waals surface area contributed by atoms with E-state index >= 15 is 0 Å². The zero-order chi connectivity index (χ0) is 20.9. The summed E-state index contributed by atoms with van der Waals surface area (Å²) in [5.41, 5.74) is -1.10. The Bertz CT molecular complexity index is 948. The van der Waals surface area contributed by atoms with Gasteiger partial charge in [-0.05, 0) is 42.5 Å². The molecule has 2 rings (SSSR count). The second-order valence-corrected chi connectivity index (χ2v) is 7.74. The van der Waals surface area contributed by atoms with Crippen molar-refractivity contribution in [3.8, 4) is 0 Å². The molecule has 0 saturated carbocycles. The first-order valence-corrected chi connectivity index (χ1v) is 9.67. The van der Waals surface area contributed by atoms with Crippen molar-refractivity contribution in [1.82, 2.24) is 4.72 Å². The highest BCUT2D eigenvalue weighted by Gasteiger charge is 2.33. The van der Waals surface area contributed by atoms with Crippen molar-refractivity contribution < 1.29 is 31.1 Å². The molecule has 0 bridgehead atoms. The summed E-state index contributed by atoms with van der Waals surface area (Å²) in [5, 5.41) is 1.83. The van der Waals surface area contributed by atoms with Crippen molar-refractivity contribution >= 4 is 33.2 Å². The molecule has 0 atom stereocenters. The van der Waals surface area contributed by atoms with Gasteiger partial charge in [0.1, 0.15) is 0 Å². The Morgan fingerprint density at radius 1 is 1.14 bits per heavy atom. The number of sulfonamides is 1. The molecular weight excluding hydrogens is 421 g/mol. The first-order chi connectivity index (χ1) is 13.0. The SMILES string of the molecule is COCCNS(=O)(=O)c1ccc(C(=O)Nc2ccc(Cl)c(C(F)(F)F)c2)cc1. The van der Waals surface area contributed by atoms with Gasteiger partial charge in [-0.3, -0.25) is 4.79 Å². The number of carbonyl (C=O) groups excluding carboxylic acids is 1. The molecule has 0 aliphatic heterocycles. The lowest BCUT2D eigenvalue weighted by Gasteiger charge is -2.12. The van der Waals surface area contributed by atoms with E-state index in [1.807, 2.05) is 0 Å². The fraction of sp³-hybridized carbons (Fsp3) is 0.235. The first kappa shape index (κ1) is 22.2. The van der Waals surface area contributed by atoms with Crippen molar-refractivity contribution in [2.75, 3.05) is 25.6 Å². The number of rotatable bonds is 7. The molecule has 2 aromatic carbocycles. The lowest BCUT2D eigenvalue weighted by atomic mass is 10.1. The van der Waals surface area contributed by atoms with Crippen LogP contribution in [0, 0.1) is 0 Å². The van der Waals surface area contributed by atoms with Gasteiger partial charge in [-0.2, -0.15) is 13.2 Å². The van der Waals surface area contributed by atoms with E-state index in [2.05, 4.69) is 10.0 Å². The van der Waals surface area contributed by atoms with Gasteiger partial charge >= 0.3 is 6.18 Å². The second-order valence-electron chi connectivity index (χ2n) is 5.56. The number of alkyl halides is 3. The Hall–Kier alpha value is -2.14. The van der Waals surface area contributed by atoms with E-state index in [0.717, 1.165) is 12.1 Å². The molecule has 0 aliphatic rings. The first-order valence-electron chi connectivity index (χ1n) is 7.81. The minimum atomic E-state index is -4.66. The Morgan fingerprint density at radius 2 is 1.79 bits per heavy atom. The number of methoxy groups -OCH3 is 1. The molecular formula is C17H16ClF3N2O4S. The summed E-state index contributed by atoms with van der Waals surface area (Å²) < 4.78 is 69.9. The molecule has 11 heteroatoms. The summed E-state index contributed by atoms with van der Waals surface area (Å²) in [4.78, 5) is 12.2. The third-order valence-electron chi connectivity index (χ3n) is 3.55. The molecule has 0 aromatic heterocycles. The fourth-order valence-electron chi connectivity index (χ4n) is 2.17. The fourth-order valence-corrected chi connectivity index (χ4v) is 3.41. The predicted molar refractivity (Wildman–Crippen MR) is 97.9 cm³/mol. The van der Waals surface area contributed by atoms with Gasteiger partial charge in [0.05, 0.1) is 22.1 Å². The van der Waals surface area contributed by atoms with Gasteiger partial charge < -0.3 is 10.1 Å². The number of ether oxygens (including phenoxy) is 1. The maximum Gasteiger partial charge on any atom is 0.417 e. The van der Waals surface area contributed by atoms with Crippen LogP contribution in [0.15, 0.2) is 47.4 Å². The predicted octanol–water partition coefficient (Wildman–Crippen LogP) is 3.54. The number of amides is 1. The van der Waals surface area contributed by atoms with Gasteiger partial charge in [0, 0.05) is 24.9 Å². The number of hydrogen-bond donors (Lipinski definition) is 2. The van der Waals surface area contributed by atoms with Crippen LogP contribution < -0.4 is 10.0 Å². The molecule has 1 amide bonds. The minimum Gasteiger partial charge on any atom is -0.383 e. The number of anilines is 1. The van der Waals surface area contributed by atoms with Crippen LogP contribution in [-0.2, 0) is 20.9 Å². The lowest BCUT2D eigenvalue weighted by Crippen LogP contribution is -2.27. The van der Waals surface area contributed by atoms with Crippen molar-refractivity contribution in [3.63, 3.8) is 0 Å². The van der Waals surface area contributed by atoms with E-state index in [4.69, 9.17) is 16.3 Å². The van der Waals surface area contributed by atoms with Crippen molar-refractivity contribution in [1.29, 1.82) is 0 Å². The molecule has 0 saturated heterocycles. The highest BCUT2D eigenvalue weighted by molar-refractivity contribution is 7.89. The zero-order valence-corrected chi connectivity index (χ0v) is 16.1.